The molecule has 3 heteroatoms. The minimum Gasteiger partial charge on any atom is -0.398 e. The van der Waals surface area contributed by atoms with E-state index in [4.69, 9.17) is 5.73 Å². The van der Waals surface area contributed by atoms with Crippen LogP contribution in [-0.4, -0.2) is 12.3 Å². The van der Waals surface area contributed by atoms with Gasteiger partial charge in [-0.3, -0.25) is 0 Å². The third-order valence-corrected chi connectivity index (χ3v) is 6.02. The van der Waals surface area contributed by atoms with E-state index in [-0.39, 0.29) is 0 Å². The molecule has 0 unspecified atom stereocenters. The van der Waals surface area contributed by atoms with Crippen LogP contribution in [0.5, 0.6) is 0 Å². The van der Waals surface area contributed by atoms with Crippen molar-refractivity contribution in [1.29, 1.82) is 0 Å². The van der Waals surface area contributed by atoms with Gasteiger partial charge in [0.25, 0.3) is 0 Å². The summed E-state index contributed by atoms with van der Waals surface area (Å²) in [6.45, 7) is 5.91. The van der Waals surface area contributed by atoms with E-state index in [0.29, 0.717) is 12.3 Å². The van der Waals surface area contributed by atoms with E-state index in [1.165, 1.54) is 0 Å². The molecular weight excluding hydrogens is 193 g/mol. The molecule has 0 spiro atoms. The third kappa shape index (κ3) is 2.01. The Balaban J connectivity index is 3.19. The highest BCUT2D eigenvalue weighted by molar-refractivity contribution is 7.71. The fraction of sp³-hybridized carbons (Fsp3) is 0.455. The molecule has 0 aliphatic heterocycles. The van der Waals surface area contributed by atoms with Gasteiger partial charge in [-0.05, 0) is 18.6 Å². The summed E-state index contributed by atoms with van der Waals surface area (Å²) in [5, 5.41) is 0.922. The van der Waals surface area contributed by atoms with Crippen LogP contribution >= 0.6 is 7.14 Å². The number of anilines is 1. The van der Waals surface area contributed by atoms with E-state index in [1.54, 1.807) is 0 Å². The summed E-state index contributed by atoms with van der Waals surface area (Å²) in [6, 6.07) is 5.76. The van der Waals surface area contributed by atoms with Crippen molar-refractivity contribution in [3.8, 4) is 0 Å². The van der Waals surface area contributed by atoms with E-state index >= 15 is 0 Å². The summed E-state index contributed by atoms with van der Waals surface area (Å²) in [4.78, 5) is 0. The number of nitrogens with two attached hydrogens (primary N) is 1. The molecule has 0 radical (unpaired) electrons. The van der Waals surface area contributed by atoms with Crippen molar-refractivity contribution in [2.24, 2.45) is 0 Å². The quantitative estimate of drug-likeness (QED) is 0.617. The molecule has 2 nitrogen and oxygen atoms in total. The van der Waals surface area contributed by atoms with Crippen LogP contribution in [0.2, 0.25) is 0 Å². The summed E-state index contributed by atoms with van der Waals surface area (Å²) in [5.74, 6) is 0. The Morgan fingerprint density at radius 1 is 1.29 bits per heavy atom. The molecule has 78 valence electrons. The topological polar surface area (TPSA) is 43.1 Å². The standard InChI is InChI=1S/C11H18NOP/c1-4-14(13,5-2)10-7-6-9(3)11(12)8-10/h6-8H,4-5,12H2,1-3H3. The van der Waals surface area contributed by atoms with Crippen molar-refractivity contribution >= 4 is 18.1 Å². The molecule has 0 aliphatic rings. The van der Waals surface area contributed by atoms with Gasteiger partial charge in [-0.2, -0.15) is 0 Å². The second-order valence-corrected chi connectivity index (χ2v) is 7.12. The predicted molar refractivity (Wildman–Crippen MR) is 63.9 cm³/mol. The molecule has 1 aromatic rings. The number of hydrogen-bond donors (Lipinski definition) is 1. The van der Waals surface area contributed by atoms with Gasteiger partial charge in [-0.25, -0.2) is 0 Å². The van der Waals surface area contributed by atoms with Crippen molar-refractivity contribution in [3.63, 3.8) is 0 Å². The molecule has 0 aromatic heterocycles. The Kier molecular flexibility index (Phi) is 3.38. The largest absolute Gasteiger partial charge is 0.398 e. The Labute approximate surface area is 85.9 Å². The van der Waals surface area contributed by atoms with Crippen LogP contribution in [-0.2, 0) is 4.57 Å². The summed E-state index contributed by atoms with van der Waals surface area (Å²) in [6.07, 6.45) is 1.43. The molecule has 1 aromatic carbocycles. The van der Waals surface area contributed by atoms with Crippen LogP contribution in [0, 0.1) is 6.92 Å². The molecule has 0 heterocycles. The van der Waals surface area contributed by atoms with Crippen molar-refractivity contribution in [2.75, 3.05) is 18.1 Å². The van der Waals surface area contributed by atoms with Gasteiger partial charge >= 0.3 is 0 Å². The molecule has 0 amide bonds. The lowest BCUT2D eigenvalue weighted by Gasteiger charge is -2.15. The van der Waals surface area contributed by atoms with Gasteiger partial charge in [-0.15, -0.1) is 0 Å². The van der Waals surface area contributed by atoms with E-state index in [1.807, 2.05) is 39.0 Å². The summed E-state index contributed by atoms with van der Waals surface area (Å²) in [5.41, 5.74) is 7.59. The molecule has 0 bridgehead atoms. The monoisotopic (exact) mass is 211 g/mol. The summed E-state index contributed by atoms with van der Waals surface area (Å²) >= 11 is 0. The molecule has 0 saturated carbocycles. The average molecular weight is 211 g/mol. The van der Waals surface area contributed by atoms with Crippen molar-refractivity contribution in [2.45, 2.75) is 20.8 Å². The smallest absolute Gasteiger partial charge is 0.115 e. The fourth-order valence-electron chi connectivity index (χ4n) is 1.47. The zero-order chi connectivity index (χ0) is 10.8. The highest BCUT2D eigenvalue weighted by atomic mass is 31.2. The lowest BCUT2D eigenvalue weighted by atomic mass is 10.2. The van der Waals surface area contributed by atoms with E-state index in [0.717, 1.165) is 16.6 Å². The molecule has 2 N–H and O–H groups in total. The normalized spacial score (nSPS) is 11.6. The molecule has 14 heavy (non-hydrogen) atoms. The number of aryl methyl sites for hydroxylation is 1. The minimum atomic E-state index is -2.16. The Morgan fingerprint density at radius 2 is 1.86 bits per heavy atom. The highest BCUT2D eigenvalue weighted by Crippen LogP contribution is 2.43. The third-order valence-electron chi connectivity index (χ3n) is 2.76. The zero-order valence-corrected chi connectivity index (χ0v) is 9.97. The van der Waals surface area contributed by atoms with Gasteiger partial charge in [0, 0.05) is 23.3 Å². The maximum Gasteiger partial charge on any atom is 0.115 e. The van der Waals surface area contributed by atoms with Crippen LogP contribution in [0.15, 0.2) is 18.2 Å². The first-order valence-electron chi connectivity index (χ1n) is 4.98. The first-order chi connectivity index (χ1) is 6.53. The van der Waals surface area contributed by atoms with Crippen molar-refractivity contribution < 1.29 is 4.57 Å². The van der Waals surface area contributed by atoms with Gasteiger partial charge in [0.15, 0.2) is 0 Å². The van der Waals surface area contributed by atoms with E-state index in [2.05, 4.69) is 0 Å². The Bertz CT molecular complexity index is 366. The number of rotatable bonds is 3. The van der Waals surface area contributed by atoms with Crippen LogP contribution in [0.3, 0.4) is 0 Å². The molecule has 1 rings (SSSR count). The maximum atomic E-state index is 12.4. The first kappa shape index (κ1) is 11.3. The lowest BCUT2D eigenvalue weighted by Crippen LogP contribution is -2.10. The molecule has 0 atom stereocenters. The Morgan fingerprint density at radius 3 is 2.29 bits per heavy atom. The van der Waals surface area contributed by atoms with Gasteiger partial charge in [0.05, 0.1) is 0 Å². The van der Waals surface area contributed by atoms with Crippen LogP contribution in [0.25, 0.3) is 0 Å². The number of benzene rings is 1. The minimum absolute atomic E-state index is 0.714. The van der Waals surface area contributed by atoms with Crippen molar-refractivity contribution in [1.82, 2.24) is 0 Å². The van der Waals surface area contributed by atoms with E-state index in [9.17, 15) is 4.57 Å². The fourth-order valence-corrected chi connectivity index (χ4v) is 3.37. The summed E-state index contributed by atoms with van der Waals surface area (Å²) in [7, 11) is -2.16. The van der Waals surface area contributed by atoms with Gasteiger partial charge in [0.1, 0.15) is 7.14 Å². The van der Waals surface area contributed by atoms with Crippen LogP contribution in [0.4, 0.5) is 5.69 Å². The van der Waals surface area contributed by atoms with Crippen molar-refractivity contribution in [3.05, 3.63) is 23.8 Å². The lowest BCUT2D eigenvalue weighted by molar-refractivity contribution is 0.582. The SMILES string of the molecule is CCP(=O)(CC)c1ccc(C)c(N)c1. The second-order valence-electron chi connectivity index (χ2n) is 3.56. The van der Waals surface area contributed by atoms with Gasteiger partial charge in [0.2, 0.25) is 0 Å². The number of hydrogen-bond acceptors (Lipinski definition) is 2. The van der Waals surface area contributed by atoms with E-state index < -0.39 is 7.14 Å². The molecule has 0 aliphatic carbocycles. The molecule has 0 saturated heterocycles. The van der Waals surface area contributed by atoms with Gasteiger partial charge in [-0.1, -0.05) is 26.0 Å². The van der Waals surface area contributed by atoms with Crippen LogP contribution in [0.1, 0.15) is 19.4 Å². The van der Waals surface area contributed by atoms with Crippen LogP contribution < -0.4 is 11.0 Å². The first-order valence-corrected chi connectivity index (χ1v) is 7.06. The molecule has 0 fully saturated rings. The maximum absolute atomic E-state index is 12.4. The second kappa shape index (κ2) is 4.18. The predicted octanol–water partition coefficient (Wildman–Crippen LogP) is 2.61. The zero-order valence-electron chi connectivity index (χ0n) is 9.08. The Hall–Kier alpha value is -0.750. The highest BCUT2D eigenvalue weighted by Gasteiger charge is 2.19. The average Bonchev–Trinajstić information content (AvgIpc) is 2.21. The van der Waals surface area contributed by atoms with Gasteiger partial charge < -0.3 is 10.3 Å². The number of nitrogen functional groups attached to an aromatic ring is 1. The summed E-state index contributed by atoms with van der Waals surface area (Å²) < 4.78 is 12.4. The molecular formula is C11H18NOP.